The number of benzene rings is 2. The maximum absolute atomic E-state index is 12.4. The molecule has 1 aliphatic rings. The van der Waals surface area contributed by atoms with Crippen LogP contribution in [0.1, 0.15) is 33.4 Å². The molecule has 6 nitrogen and oxygen atoms in total. The lowest BCUT2D eigenvalue weighted by Gasteiger charge is -2.24. The molecule has 0 fully saturated rings. The van der Waals surface area contributed by atoms with Crippen molar-refractivity contribution in [1.29, 1.82) is 0 Å². The van der Waals surface area contributed by atoms with E-state index in [1.165, 1.54) is 0 Å². The molecule has 0 saturated heterocycles. The summed E-state index contributed by atoms with van der Waals surface area (Å²) in [6, 6.07) is 17.3. The number of aromatic nitrogens is 3. The summed E-state index contributed by atoms with van der Waals surface area (Å²) in [6.07, 6.45) is -0.137. The summed E-state index contributed by atoms with van der Waals surface area (Å²) in [5, 5.41) is 11.7. The molecule has 26 heavy (non-hydrogen) atoms. The molecule has 0 bridgehead atoms. The van der Waals surface area contributed by atoms with E-state index in [0.29, 0.717) is 29.5 Å². The van der Waals surface area contributed by atoms with E-state index in [1.54, 1.807) is 4.68 Å². The van der Waals surface area contributed by atoms with Crippen molar-refractivity contribution in [2.45, 2.75) is 25.8 Å². The Kier molecular flexibility index (Phi) is 4.69. The predicted molar refractivity (Wildman–Crippen MR) is 96.6 cm³/mol. The Labute approximate surface area is 155 Å². The summed E-state index contributed by atoms with van der Waals surface area (Å²) in [5.74, 6) is -0.247. The number of rotatable bonds is 4. The van der Waals surface area contributed by atoms with Crippen LogP contribution in [-0.4, -0.2) is 20.9 Å². The van der Waals surface area contributed by atoms with Crippen LogP contribution < -0.4 is 5.32 Å². The summed E-state index contributed by atoms with van der Waals surface area (Å²) in [7, 11) is 0. The van der Waals surface area contributed by atoms with E-state index in [0.717, 1.165) is 11.1 Å². The van der Waals surface area contributed by atoms with Gasteiger partial charge in [0.25, 0.3) is 5.91 Å². The van der Waals surface area contributed by atoms with Crippen molar-refractivity contribution in [2.24, 2.45) is 0 Å². The van der Waals surface area contributed by atoms with Crippen LogP contribution in [-0.2, 0) is 24.4 Å². The zero-order chi connectivity index (χ0) is 17.9. The number of carbonyl (C=O) groups excluding carboxylic acids is 1. The fourth-order valence-electron chi connectivity index (χ4n) is 2.93. The Balaban J connectivity index is 1.45. The topological polar surface area (TPSA) is 69.0 Å². The summed E-state index contributed by atoms with van der Waals surface area (Å²) < 4.78 is 7.65. The molecule has 0 spiro atoms. The lowest BCUT2D eigenvalue weighted by atomic mass is 10.1. The predicted octanol–water partition coefficient (Wildman–Crippen LogP) is 3.13. The van der Waals surface area contributed by atoms with Crippen molar-refractivity contribution in [3.63, 3.8) is 0 Å². The second kappa shape index (κ2) is 7.27. The first-order valence-corrected chi connectivity index (χ1v) is 8.70. The number of hydrogen-bond acceptors (Lipinski definition) is 4. The minimum absolute atomic E-state index is 0.137. The van der Waals surface area contributed by atoms with Gasteiger partial charge in [0.05, 0.1) is 18.8 Å². The minimum atomic E-state index is -0.247. The maximum atomic E-state index is 12.4. The highest BCUT2D eigenvalue weighted by Gasteiger charge is 2.27. The third-order valence-corrected chi connectivity index (χ3v) is 4.60. The lowest BCUT2D eigenvalue weighted by molar-refractivity contribution is -0.00176. The van der Waals surface area contributed by atoms with Crippen molar-refractivity contribution in [2.75, 3.05) is 0 Å². The molecule has 1 aromatic heterocycles. The Morgan fingerprint density at radius 1 is 1.19 bits per heavy atom. The van der Waals surface area contributed by atoms with Crippen molar-refractivity contribution in [3.05, 3.63) is 82.1 Å². The lowest BCUT2D eigenvalue weighted by Crippen LogP contribution is -2.27. The molecule has 2 heterocycles. The molecule has 3 aromatic rings. The zero-order valence-electron chi connectivity index (χ0n) is 13.9. The number of ether oxygens (including phenoxy) is 1. The van der Waals surface area contributed by atoms with Crippen LogP contribution in [0.3, 0.4) is 0 Å². The molecule has 0 saturated carbocycles. The fourth-order valence-corrected chi connectivity index (χ4v) is 3.05. The molecule has 7 heteroatoms. The van der Waals surface area contributed by atoms with Crippen LogP contribution in [0.4, 0.5) is 0 Å². The van der Waals surface area contributed by atoms with Crippen molar-refractivity contribution in [1.82, 2.24) is 20.3 Å². The Hall–Kier alpha value is -2.70. The first-order chi connectivity index (χ1) is 12.7. The Morgan fingerprint density at radius 3 is 2.73 bits per heavy atom. The highest BCUT2D eigenvalue weighted by Crippen LogP contribution is 2.27. The normalized spacial score (nSPS) is 16.1. The van der Waals surface area contributed by atoms with Gasteiger partial charge in [-0.1, -0.05) is 59.3 Å². The molecule has 132 valence electrons. The molecule has 1 amide bonds. The summed E-state index contributed by atoms with van der Waals surface area (Å²) in [6.45, 7) is 1.24. The number of fused-ring (bicyclic) bond motifs is 1. The van der Waals surface area contributed by atoms with Gasteiger partial charge in [-0.3, -0.25) is 4.79 Å². The van der Waals surface area contributed by atoms with Gasteiger partial charge in [0, 0.05) is 11.6 Å². The maximum Gasteiger partial charge on any atom is 0.274 e. The number of nitrogens with one attached hydrogen (secondary N) is 1. The number of hydrogen-bond donors (Lipinski definition) is 1. The minimum Gasteiger partial charge on any atom is -0.365 e. The van der Waals surface area contributed by atoms with Crippen molar-refractivity contribution >= 4 is 17.5 Å². The van der Waals surface area contributed by atoms with Gasteiger partial charge in [-0.15, -0.1) is 5.10 Å². The SMILES string of the molecule is O=C(NCc1ccccc1)c1nnn2c1CO[C@H](c1ccc(Cl)cc1)C2. The van der Waals surface area contributed by atoms with E-state index in [9.17, 15) is 4.79 Å². The molecule has 0 aliphatic carbocycles. The molecular weight excluding hydrogens is 352 g/mol. The van der Waals surface area contributed by atoms with Crippen LogP contribution in [0.5, 0.6) is 0 Å². The van der Waals surface area contributed by atoms with E-state index in [-0.39, 0.29) is 18.6 Å². The smallest absolute Gasteiger partial charge is 0.274 e. The first kappa shape index (κ1) is 16.8. The van der Waals surface area contributed by atoms with Crippen molar-refractivity contribution in [3.8, 4) is 0 Å². The van der Waals surface area contributed by atoms with Gasteiger partial charge in [0.15, 0.2) is 5.69 Å². The van der Waals surface area contributed by atoms with Crippen LogP contribution in [0, 0.1) is 0 Å². The van der Waals surface area contributed by atoms with Crippen LogP contribution >= 0.6 is 11.6 Å². The average Bonchev–Trinajstić information content (AvgIpc) is 3.11. The van der Waals surface area contributed by atoms with Crippen LogP contribution in [0.25, 0.3) is 0 Å². The number of amides is 1. The van der Waals surface area contributed by atoms with Crippen molar-refractivity contribution < 1.29 is 9.53 Å². The van der Waals surface area contributed by atoms with E-state index < -0.39 is 0 Å². The molecule has 1 N–H and O–H groups in total. The molecule has 1 aliphatic heterocycles. The molecule has 0 radical (unpaired) electrons. The second-order valence-corrected chi connectivity index (χ2v) is 6.52. The van der Waals surface area contributed by atoms with E-state index >= 15 is 0 Å². The Morgan fingerprint density at radius 2 is 1.96 bits per heavy atom. The van der Waals surface area contributed by atoms with Crippen LogP contribution in [0.15, 0.2) is 54.6 Å². The van der Waals surface area contributed by atoms with Gasteiger partial charge in [-0.05, 0) is 23.3 Å². The standard InChI is InChI=1S/C19H17ClN4O2/c20-15-8-6-14(7-9-15)17-11-24-16(12-26-17)18(22-23-24)19(25)21-10-13-4-2-1-3-5-13/h1-9,17H,10-12H2,(H,21,25)/t17-/m0/s1. The third kappa shape index (κ3) is 3.47. The largest absolute Gasteiger partial charge is 0.365 e. The van der Waals surface area contributed by atoms with E-state index in [4.69, 9.17) is 16.3 Å². The van der Waals surface area contributed by atoms with Gasteiger partial charge in [0.2, 0.25) is 0 Å². The number of nitrogens with zero attached hydrogens (tertiary/aromatic N) is 3. The Bertz CT molecular complexity index is 909. The summed E-state index contributed by atoms with van der Waals surface area (Å²) >= 11 is 5.93. The fraction of sp³-hybridized carbons (Fsp3) is 0.211. The quantitative estimate of drug-likeness (QED) is 0.768. The van der Waals surface area contributed by atoms with Gasteiger partial charge >= 0.3 is 0 Å². The highest BCUT2D eigenvalue weighted by atomic mass is 35.5. The molecule has 2 aromatic carbocycles. The highest BCUT2D eigenvalue weighted by molar-refractivity contribution is 6.30. The van der Waals surface area contributed by atoms with E-state index in [2.05, 4.69) is 15.6 Å². The monoisotopic (exact) mass is 368 g/mol. The van der Waals surface area contributed by atoms with Gasteiger partial charge in [0.1, 0.15) is 6.10 Å². The zero-order valence-corrected chi connectivity index (χ0v) is 14.7. The number of halogens is 1. The molecular formula is C19H17ClN4O2. The molecule has 0 unspecified atom stereocenters. The second-order valence-electron chi connectivity index (χ2n) is 6.09. The van der Waals surface area contributed by atoms with Gasteiger partial charge < -0.3 is 10.1 Å². The average molecular weight is 369 g/mol. The van der Waals surface area contributed by atoms with Gasteiger partial charge in [-0.2, -0.15) is 0 Å². The number of carbonyl (C=O) groups is 1. The summed E-state index contributed by atoms with van der Waals surface area (Å²) in [4.78, 5) is 12.4. The summed E-state index contributed by atoms with van der Waals surface area (Å²) in [5.41, 5.74) is 3.06. The van der Waals surface area contributed by atoms with Crippen LogP contribution in [0.2, 0.25) is 5.02 Å². The third-order valence-electron chi connectivity index (χ3n) is 4.35. The molecule has 4 rings (SSSR count). The van der Waals surface area contributed by atoms with E-state index in [1.807, 2.05) is 54.6 Å². The first-order valence-electron chi connectivity index (χ1n) is 8.32. The van der Waals surface area contributed by atoms with Gasteiger partial charge in [-0.25, -0.2) is 4.68 Å². The molecule has 1 atom stereocenters.